The lowest BCUT2D eigenvalue weighted by Crippen LogP contribution is -2.26. The zero-order valence-corrected chi connectivity index (χ0v) is 17.7. The number of nitrogens with one attached hydrogen (secondary N) is 1. The van der Waals surface area contributed by atoms with Crippen molar-refractivity contribution in [1.82, 2.24) is 9.88 Å². The van der Waals surface area contributed by atoms with Crippen LogP contribution in [0.5, 0.6) is 11.5 Å². The Hall–Kier alpha value is -4.14. The number of carbonyl (C=O) groups excluding carboxylic acids is 1. The highest BCUT2D eigenvalue weighted by Gasteiger charge is 2.19. The third kappa shape index (κ3) is 5.51. The molecule has 3 aromatic rings. The van der Waals surface area contributed by atoms with Crippen LogP contribution in [0.15, 0.2) is 65.6 Å². The number of nitrogens with zero attached hydrogens (tertiary/aromatic N) is 2. The summed E-state index contributed by atoms with van der Waals surface area (Å²) >= 11 is 0. The van der Waals surface area contributed by atoms with E-state index in [1.165, 1.54) is 24.3 Å². The predicted molar refractivity (Wildman–Crippen MR) is 118 cm³/mol. The van der Waals surface area contributed by atoms with E-state index in [1.54, 1.807) is 24.7 Å². The first-order chi connectivity index (χ1) is 15.4. The van der Waals surface area contributed by atoms with Crippen LogP contribution in [-0.2, 0) is 20.2 Å². The average Bonchev–Trinajstić information content (AvgIpc) is 2.79. The molecule has 0 aliphatic carbocycles. The van der Waals surface area contributed by atoms with E-state index in [0.717, 1.165) is 5.56 Å². The molecule has 9 nitrogen and oxygen atoms in total. The lowest BCUT2D eigenvalue weighted by atomic mass is 10.1. The van der Waals surface area contributed by atoms with Gasteiger partial charge in [0.1, 0.15) is 6.61 Å². The minimum Gasteiger partial charge on any atom is -0.487 e. The van der Waals surface area contributed by atoms with E-state index in [9.17, 15) is 19.7 Å². The molecule has 0 spiro atoms. The van der Waals surface area contributed by atoms with Crippen LogP contribution in [0.25, 0.3) is 0 Å². The number of amides is 1. The summed E-state index contributed by atoms with van der Waals surface area (Å²) in [5, 5.41) is 13.9. The first-order valence-electron chi connectivity index (χ1n) is 9.94. The molecule has 0 saturated carbocycles. The van der Waals surface area contributed by atoms with Crippen LogP contribution in [0, 0.1) is 10.1 Å². The molecule has 0 unspecified atom stereocenters. The molecule has 166 valence electrons. The topological polar surface area (TPSA) is 113 Å². The molecule has 0 radical (unpaired) electrons. The zero-order valence-electron chi connectivity index (χ0n) is 17.7. The van der Waals surface area contributed by atoms with E-state index in [2.05, 4.69) is 5.32 Å². The highest BCUT2D eigenvalue weighted by Crippen LogP contribution is 2.28. The molecule has 0 aliphatic heterocycles. The summed E-state index contributed by atoms with van der Waals surface area (Å²) in [5.41, 5.74) is 1.02. The maximum absolute atomic E-state index is 12.5. The number of nitro groups is 1. The number of hydrogen-bond donors (Lipinski definition) is 1. The molecule has 32 heavy (non-hydrogen) atoms. The second-order valence-electron chi connectivity index (χ2n) is 6.93. The number of carbonyl (C=O) groups is 1. The zero-order chi connectivity index (χ0) is 23.1. The van der Waals surface area contributed by atoms with Crippen molar-refractivity contribution in [2.24, 2.45) is 7.05 Å². The highest BCUT2D eigenvalue weighted by molar-refractivity contribution is 5.95. The van der Waals surface area contributed by atoms with Gasteiger partial charge < -0.3 is 19.4 Å². The van der Waals surface area contributed by atoms with Crippen molar-refractivity contribution in [3.63, 3.8) is 0 Å². The lowest BCUT2D eigenvalue weighted by molar-refractivity contribution is -0.385. The molecule has 2 aromatic carbocycles. The standard InChI is InChI=1S/C23H23N3O6/c1-3-31-21-10-9-17(11-19(21)26(29)30)23(28)24-13-18-12-20(27)22(14-25(18)2)32-15-16-7-5-4-6-8-16/h4-12,14H,3,13,15H2,1-2H3,(H,24,28). The Morgan fingerprint density at radius 2 is 1.84 bits per heavy atom. The second-order valence-corrected chi connectivity index (χ2v) is 6.93. The van der Waals surface area contributed by atoms with Crippen molar-refractivity contribution >= 4 is 11.6 Å². The van der Waals surface area contributed by atoms with Crippen molar-refractivity contribution in [2.45, 2.75) is 20.1 Å². The summed E-state index contributed by atoms with van der Waals surface area (Å²) in [5.74, 6) is -0.205. The molecule has 0 atom stereocenters. The van der Waals surface area contributed by atoms with Crippen LogP contribution < -0.4 is 20.2 Å². The predicted octanol–water partition coefficient (Wildman–Crippen LogP) is 3.20. The largest absolute Gasteiger partial charge is 0.487 e. The Morgan fingerprint density at radius 1 is 1.09 bits per heavy atom. The van der Waals surface area contributed by atoms with Gasteiger partial charge in [0.05, 0.1) is 24.3 Å². The molecule has 1 N–H and O–H groups in total. The van der Waals surface area contributed by atoms with E-state index in [-0.39, 0.29) is 47.9 Å². The number of pyridine rings is 1. The van der Waals surface area contributed by atoms with Crippen molar-refractivity contribution in [3.05, 3.63) is 98.0 Å². The number of hydrogen-bond acceptors (Lipinski definition) is 6. The molecule has 0 saturated heterocycles. The van der Waals surface area contributed by atoms with Gasteiger partial charge in [-0.05, 0) is 24.6 Å². The van der Waals surface area contributed by atoms with Crippen molar-refractivity contribution < 1.29 is 19.2 Å². The third-order valence-electron chi connectivity index (χ3n) is 4.69. The SMILES string of the molecule is CCOc1ccc(C(=O)NCc2cc(=O)c(OCc3ccccc3)cn2C)cc1[N+](=O)[O-]. The molecule has 9 heteroatoms. The average molecular weight is 437 g/mol. The lowest BCUT2D eigenvalue weighted by Gasteiger charge is -2.13. The summed E-state index contributed by atoms with van der Waals surface area (Å²) in [6.07, 6.45) is 1.56. The Kier molecular flexibility index (Phi) is 7.22. The Morgan fingerprint density at radius 3 is 2.53 bits per heavy atom. The molecule has 1 aromatic heterocycles. The van der Waals surface area contributed by atoms with Crippen LogP contribution >= 0.6 is 0 Å². The molecule has 1 amide bonds. The van der Waals surface area contributed by atoms with Crippen LogP contribution in [0.4, 0.5) is 5.69 Å². The fraction of sp³-hybridized carbons (Fsp3) is 0.217. The van der Waals surface area contributed by atoms with Gasteiger partial charge in [0, 0.05) is 30.4 Å². The van der Waals surface area contributed by atoms with Gasteiger partial charge in [-0.25, -0.2) is 0 Å². The smallest absolute Gasteiger partial charge is 0.311 e. The van der Waals surface area contributed by atoms with E-state index in [0.29, 0.717) is 5.69 Å². The Bertz CT molecular complexity index is 1170. The first-order valence-corrected chi connectivity index (χ1v) is 9.94. The van der Waals surface area contributed by atoms with Gasteiger partial charge in [-0.1, -0.05) is 30.3 Å². The van der Waals surface area contributed by atoms with E-state index >= 15 is 0 Å². The van der Waals surface area contributed by atoms with Crippen molar-refractivity contribution in [3.8, 4) is 11.5 Å². The molecular weight excluding hydrogens is 414 g/mol. The second kappa shape index (κ2) is 10.3. The number of nitro benzene ring substituents is 1. The number of benzene rings is 2. The monoisotopic (exact) mass is 437 g/mol. The summed E-state index contributed by atoms with van der Waals surface area (Å²) in [6, 6.07) is 14.9. The maximum Gasteiger partial charge on any atom is 0.311 e. The first kappa shape index (κ1) is 22.5. The Labute approximate surface area is 184 Å². The van der Waals surface area contributed by atoms with Gasteiger partial charge in [0.25, 0.3) is 5.91 Å². The van der Waals surface area contributed by atoms with Gasteiger partial charge in [-0.2, -0.15) is 0 Å². The summed E-state index contributed by atoms with van der Waals surface area (Å²) < 4.78 is 12.5. The van der Waals surface area contributed by atoms with Gasteiger partial charge in [-0.15, -0.1) is 0 Å². The molecule has 0 bridgehead atoms. The number of aryl methyl sites for hydroxylation is 1. The number of ether oxygens (including phenoxy) is 2. The molecule has 1 heterocycles. The minimum atomic E-state index is -0.598. The van der Waals surface area contributed by atoms with E-state index < -0.39 is 10.8 Å². The summed E-state index contributed by atoms with van der Waals surface area (Å²) in [7, 11) is 1.73. The van der Waals surface area contributed by atoms with Gasteiger partial charge in [0.2, 0.25) is 5.43 Å². The number of aromatic nitrogens is 1. The van der Waals surface area contributed by atoms with Crippen molar-refractivity contribution in [2.75, 3.05) is 6.61 Å². The Balaban J connectivity index is 1.68. The van der Waals surface area contributed by atoms with E-state index in [4.69, 9.17) is 9.47 Å². The fourth-order valence-electron chi connectivity index (χ4n) is 3.02. The van der Waals surface area contributed by atoms with Crippen molar-refractivity contribution in [1.29, 1.82) is 0 Å². The molecule has 3 rings (SSSR count). The highest BCUT2D eigenvalue weighted by atomic mass is 16.6. The van der Waals surface area contributed by atoms with E-state index in [1.807, 2.05) is 30.3 Å². The van der Waals surface area contributed by atoms with Crippen LogP contribution in [0.2, 0.25) is 0 Å². The van der Waals surface area contributed by atoms with Gasteiger partial charge in [0.15, 0.2) is 11.5 Å². The quantitative estimate of drug-likeness (QED) is 0.406. The normalized spacial score (nSPS) is 10.4. The summed E-state index contributed by atoms with van der Waals surface area (Å²) in [4.78, 5) is 35.6. The fourth-order valence-corrected chi connectivity index (χ4v) is 3.02. The third-order valence-corrected chi connectivity index (χ3v) is 4.69. The van der Waals surface area contributed by atoms with Crippen LogP contribution in [0.1, 0.15) is 28.5 Å². The van der Waals surface area contributed by atoms with Gasteiger partial charge in [-0.3, -0.25) is 19.7 Å². The molecule has 0 aliphatic rings. The molecular formula is C23H23N3O6. The maximum atomic E-state index is 12.5. The van der Waals surface area contributed by atoms with Crippen LogP contribution in [0.3, 0.4) is 0 Å². The van der Waals surface area contributed by atoms with Gasteiger partial charge >= 0.3 is 5.69 Å². The van der Waals surface area contributed by atoms with Crippen LogP contribution in [-0.4, -0.2) is 22.0 Å². The number of rotatable bonds is 9. The summed E-state index contributed by atoms with van der Waals surface area (Å²) in [6.45, 7) is 2.31. The minimum absolute atomic E-state index is 0.0601. The molecule has 0 fully saturated rings.